The molecule has 0 atom stereocenters. The first-order valence-electron chi connectivity index (χ1n) is 12.1. The average molecular weight is 383 g/mol. The van der Waals surface area contributed by atoms with Crippen LogP contribution in [-0.2, 0) is 14.2 Å². The van der Waals surface area contributed by atoms with Gasteiger partial charge < -0.3 is 14.2 Å². The van der Waals surface area contributed by atoms with Crippen LogP contribution in [0.2, 0.25) is 0 Å². The molecular weight excluding hydrogens is 336 g/mol. The van der Waals surface area contributed by atoms with Crippen LogP contribution < -0.4 is 0 Å². The van der Waals surface area contributed by atoms with E-state index in [9.17, 15) is 0 Å². The summed E-state index contributed by atoms with van der Waals surface area (Å²) in [6, 6.07) is 0. The van der Waals surface area contributed by atoms with Crippen LogP contribution in [0.15, 0.2) is 0 Å². The molecule has 0 aromatic heterocycles. The molecule has 3 heterocycles. The molecule has 2 bridgehead atoms. The highest BCUT2D eigenvalue weighted by molar-refractivity contribution is 4.84. The van der Waals surface area contributed by atoms with Crippen molar-refractivity contribution in [2.45, 2.75) is 129 Å². The molecule has 3 aliphatic heterocycles. The van der Waals surface area contributed by atoms with Crippen molar-refractivity contribution < 1.29 is 14.2 Å². The van der Waals surface area contributed by atoms with Crippen molar-refractivity contribution in [3.05, 3.63) is 0 Å². The van der Waals surface area contributed by atoms with Gasteiger partial charge in [0.25, 0.3) is 5.97 Å². The van der Waals surface area contributed by atoms with Crippen LogP contribution in [0.4, 0.5) is 0 Å². The number of hydrogen-bond donors (Lipinski definition) is 0. The van der Waals surface area contributed by atoms with Gasteiger partial charge in [0.1, 0.15) is 0 Å². The molecule has 0 radical (unpaired) electrons. The Morgan fingerprint density at radius 3 is 1.22 bits per heavy atom. The molecule has 0 N–H and O–H groups in total. The standard InChI is InChI=1S/C24H46O3/c1-3-4-5-6-7-8-9-10-11-12-13-14-15-16-17-18-19-24-25-20-23(2,21-26-24)22-27-24/h3-22H2,1-2H3. The molecule has 3 heteroatoms. The van der Waals surface area contributed by atoms with Gasteiger partial charge in [-0.25, -0.2) is 0 Å². The number of unbranched alkanes of at least 4 members (excludes halogenated alkanes) is 15. The molecule has 0 aromatic carbocycles. The second-order valence-electron chi connectivity index (χ2n) is 9.41. The van der Waals surface area contributed by atoms with E-state index in [2.05, 4.69) is 13.8 Å². The van der Waals surface area contributed by atoms with E-state index in [1.54, 1.807) is 0 Å². The maximum atomic E-state index is 5.85. The largest absolute Gasteiger partial charge is 0.327 e. The van der Waals surface area contributed by atoms with Crippen molar-refractivity contribution in [1.82, 2.24) is 0 Å². The predicted molar refractivity (Wildman–Crippen MR) is 113 cm³/mol. The Morgan fingerprint density at radius 2 is 0.852 bits per heavy atom. The van der Waals surface area contributed by atoms with Crippen LogP contribution in [0.1, 0.15) is 123 Å². The highest BCUT2D eigenvalue weighted by atomic mass is 16.9. The summed E-state index contributed by atoms with van der Waals surface area (Å²) in [7, 11) is 0. The van der Waals surface area contributed by atoms with Crippen LogP contribution in [0.5, 0.6) is 0 Å². The van der Waals surface area contributed by atoms with Crippen LogP contribution in [0, 0.1) is 5.41 Å². The summed E-state index contributed by atoms with van der Waals surface area (Å²) in [5.74, 6) is -0.701. The normalized spacial score (nSPS) is 27.3. The van der Waals surface area contributed by atoms with E-state index in [1.807, 2.05) is 0 Å². The third-order valence-electron chi connectivity index (χ3n) is 6.26. The van der Waals surface area contributed by atoms with E-state index >= 15 is 0 Å². The highest BCUT2D eigenvalue weighted by Gasteiger charge is 2.49. The van der Waals surface area contributed by atoms with Crippen molar-refractivity contribution >= 4 is 0 Å². The van der Waals surface area contributed by atoms with Gasteiger partial charge >= 0.3 is 0 Å². The molecule has 0 aliphatic carbocycles. The van der Waals surface area contributed by atoms with Gasteiger partial charge in [-0.3, -0.25) is 0 Å². The van der Waals surface area contributed by atoms with Gasteiger partial charge in [0.05, 0.1) is 19.8 Å². The molecule has 3 saturated heterocycles. The quantitative estimate of drug-likeness (QED) is 0.246. The van der Waals surface area contributed by atoms with E-state index in [1.165, 1.54) is 96.3 Å². The topological polar surface area (TPSA) is 27.7 Å². The molecule has 0 amide bonds. The summed E-state index contributed by atoms with van der Waals surface area (Å²) in [6.45, 7) is 6.81. The SMILES string of the molecule is CCCCCCCCCCCCCCCCCCC12OCC(C)(CO1)CO2. The lowest BCUT2D eigenvalue weighted by Crippen LogP contribution is -2.58. The van der Waals surface area contributed by atoms with Crippen molar-refractivity contribution in [3.8, 4) is 0 Å². The maximum absolute atomic E-state index is 5.85. The van der Waals surface area contributed by atoms with Crippen molar-refractivity contribution in [1.29, 1.82) is 0 Å². The maximum Gasteiger partial charge on any atom is 0.282 e. The van der Waals surface area contributed by atoms with E-state index in [0.717, 1.165) is 32.7 Å². The summed E-state index contributed by atoms with van der Waals surface area (Å²) < 4.78 is 17.5. The molecule has 0 unspecified atom stereocenters. The average Bonchev–Trinajstić information content (AvgIpc) is 2.69. The summed E-state index contributed by atoms with van der Waals surface area (Å²) in [6.07, 6.45) is 23.3. The van der Waals surface area contributed by atoms with E-state index in [0.29, 0.717) is 0 Å². The second kappa shape index (κ2) is 13.2. The molecular formula is C24H46O3. The first kappa shape index (κ1) is 23.2. The lowest BCUT2D eigenvalue weighted by atomic mass is 9.91. The summed E-state index contributed by atoms with van der Waals surface area (Å²) in [4.78, 5) is 0. The highest BCUT2D eigenvalue weighted by Crippen LogP contribution is 2.40. The molecule has 0 aromatic rings. The van der Waals surface area contributed by atoms with Gasteiger partial charge in [0.2, 0.25) is 0 Å². The van der Waals surface area contributed by atoms with E-state index in [4.69, 9.17) is 14.2 Å². The van der Waals surface area contributed by atoms with Gasteiger partial charge in [0.15, 0.2) is 0 Å². The summed E-state index contributed by atoms with van der Waals surface area (Å²) in [5, 5.41) is 0. The van der Waals surface area contributed by atoms with Gasteiger partial charge in [-0.15, -0.1) is 0 Å². The third kappa shape index (κ3) is 9.28. The minimum absolute atomic E-state index is 0.0797. The number of rotatable bonds is 17. The second-order valence-corrected chi connectivity index (χ2v) is 9.41. The zero-order valence-electron chi connectivity index (χ0n) is 18.4. The molecule has 0 spiro atoms. The van der Waals surface area contributed by atoms with Crippen LogP contribution in [-0.4, -0.2) is 25.8 Å². The molecule has 27 heavy (non-hydrogen) atoms. The predicted octanol–water partition coefficient (Wildman–Crippen LogP) is 7.38. The van der Waals surface area contributed by atoms with Gasteiger partial charge in [-0.05, 0) is 6.42 Å². The molecule has 0 saturated carbocycles. The van der Waals surface area contributed by atoms with Crippen LogP contribution >= 0.6 is 0 Å². The Balaban J connectivity index is 1.29. The Labute approximate surface area is 168 Å². The molecule has 3 fully saturated rings. The van der Waals surface area contributed by atoms with E-state index in [-0.39, 0.29) is 5.41 Å². The van der Waals surface area contributed by atoms with Crippen molar-refractivity contribution in [2.24, 2.45) is 5.41 Å². The van der Waals surface area contributed by atoms with E-state index < -0.39 is 5.97 Å². The Kier molecular flexibility index (Phi) is 11.3. The minimum atomic E-state index is -0.701. The minimum Gasteiger partial charge on any atom is -0.327 e. The number of hydrogen-bond acceptors (Lipinski definition) is 3. The lowest BCUT2D eigenvalue weighted by molar-refractivity contribution is -0.467. The van der Waals surface area contributed by atoms with Crippen molar-refractivity contribution in [2.75, 3.05) is 19.8 Å². The molecule has 3 nitrogen and oxygen atoms in total. The Morgan fingerprint density at radius 1 is 0.519 bits per heavy atom. The first-order chi connectivity index (χ1) is 13.2. The summed E-state index contributed by atoms with van der Waals surface area (Å²) >= 11 is 0. The Hall–Kier alpha value is -0.120. The monoisotopic (exact) mass is 382 g/mol. The van der Waals surface area contributed by atoms with Crippen molar-refractivity contribution in [3.63, 3.8) is 0 Å². The van der Waals surface area contributed by atoms with Crippen LogP contribution in [0.25, 0.3) is 0 Å². The fourth-order valence-corrected chi connectivity index (χ4v) is 4.21. The van der Waals surface area contributed by atoms with Crippen LogP contribution in [0.3, 0.4) is 0 Å². The Bertz CT molecular complexity index is 344. The molecule has 3 rings (SSSR count). The number of fused-ring (bicyclic) bond motifs is 3. The van der Waals surface area contributed by atoms with Gasteiger partial charge in [-0.1, -0.05) is 110 Å². The zero-order chi connectivity index (χ0) is 19.3. The zero-order valence-corrected chi connectivity index (χ0v) is 18.4. The first-order valence-corrected chi connectivity index (χ1v) is 12.1. The van der Waals surface area contributed by atoms with Gasteiger partial charge in [-0.2, -0.15) is 0 Å². The third-order valence-corrected chi connectivity index (χ3v) is 6.26. The molecule has 160 valence electrons. The smallest absolute Gasteiger partial charge is 0.282 e. The fourth-order valence-electron chi connectivity index (χ4n) is 4.21. The molecule has 3 aliphatic rings. The lowest BCUT2D eigenvalue weighted by Gasteiger charge is -2.50. The fraction of sp³-hybridized carbons (Fsp3) is 1.00. The summed E-state index contributed by atoms with van der Waals surface area (Å²) in [5.41, 5.74) is 0.0797. The number of ether oxygens (including phenoxy) is 3. The van der Waals surface area contributed by atoms with Gasteiger partial charge in [0, 0.05) is 11.8 Å².